The number of nitrogens with zero attached hydrogens (tertiary/aromatic N) is 3. The monoisotopic (exact) mass is 476 g/mol. The molecule has 9 heteroatoms. The van der Waals surface area contributed by atoms with Gasteiger partial charge in [-0.2, -0.15) is 5.10 Å². The smallest absolute Gasteiger partial charge is 0.257 e. The van der Waals surface area contributed by atoms with Crippen LogP contribution in [0.25, 0.3) is 16.9 Å². The van der Waals surface area contributed by atoms with E-state index in [2.05, 4.69) is 15.4 Å². The van der Waals surface area contributed by atoms with Crippen LogP contribution >= 0.6 is 22.9 Å². The van der Waals surface area contributed by atoms with E-state index < -0.39 is 11.7 Å². The van der Waals surface area contributed by atoms with Gasteiger partial charge in [0.2, 0.25) is 5.78 Å². The van der Waals surface area contributed by atoms with Crippen LogP contribution in [0, 0.1) is 5.82 Å². The summed E-state index contributed by atoms with van der Waals surface area (Å²) in [5, 5.41) is 9.00. The van der Waals surface area contributed by atoms with Gasteiger partial charge in [0.25, 0.3) is 5.91 Å². The maximum atomic E-state index is 14.5. The quantitative estimate of drug-likeness (QED) is 0.328. The molecule has 3 aromatic heterocycles. The van der Waals surface area contributed by atoms with Gasteiger partial charge < -0.3 is 5.32 Å². The van der Waals surface area contributed by atoms with Gasteiger partial charge in [0.05, 0.1) is 38.6 Å². The minimum absolute atomic E-state index is 0.00979. The highest BCUT2D eigenvalue weighted by molar-refractivity contribution is 7.12. The Balaban J connectivity index is 1.52. The molecule has 3 heterocycles. The minimum atomic E-state index is -0.599. The second kappa shape index (κ2) is 8.57. The Morgan fingerprint density at radius 1 is 1.03 bits per heavy atom. The third kappa shape index (κ3) is 3.90. The molecule has 0 saturated carbocycles. The predicted octanol–water partition coefficient (Wildman–Crippen LogP) is 5.73. The number of amides is 1. The lowest BCUT2D eigenvalue weighted by molar-refractivity contribution is 0.102. The highest BCUT2D eigenvalue weighted by atomic mass is 35.5. The minimum Gasteiger partial charge on any atom is -0.319 e. The Morgan fingerprint density at radius 2 is 1.88 bits per heavy atom. The summed E-state index contributed by atoms with van der Waals surface area (Å²) in [6, 6.07) is 16.1. The van der Waals surface area contributed by atoms with E-state index in [0.29, 0.717) is 27.3 Å². The summed E-state index contributed by atoms with van der Waals surface area (Å²) in [4.78, 5) is 30.3. The van der Waals surface area contributed by atoms with Gasteiger partial charge in [-0.15, -0.1) is 11.3 Å². The van der Waals surface area contributed by atoms with Crippen molar-refractivity contribution in [2.75, 3.05) is 5.32 Å². The van der Waals surface area contributed by atoms with E-state index in [0.717, 1.165) is 0 Å². The molecule has 0 fully saturated rings. The molecule has 1 amide bonds. The number of fused-ring (bicyclic) bond motifs is 1. The van der Waals surface area contributed by atoms with E-state index in [1.807, 2.05) is 5.38 Å². The largest absolute Gasteiger partial charge is 0.319 e. The molecule has 0 spiro atoms. The highest BCUT2D eigenvalue weighted by Gasteiger charge is 2.19. The zero-order valence-electron chi connectivity index (χ0n) is 16.8. The lowest BCUT2D eigenvalue weighted by atomic mass is 10.1. The molecule has 0 radical (unpaired) electrons. The van der Waals surface area contributed by atoms with E-state index in [1.165, 1.54) is 34.2 Å². The molecule has 162 valence electrons. The van der Waals surface area contributed by atoms with Crippen molar-refractivity contribution in [3.05, 3.63) is 105 Å². The first-order valence-electron chi connectivity index (χ1n) is 9.79. The maximum absolute atomic E-state index is 14.5. The van der Waals surface area contributed by atoms with Crippen LogP contribution in [0.15, 0.2) is 78.4 Å². The van der Waals surface area contributed by atoms with Gasteiger partial charge in [-0.3, -0.25) is 9.59 Å². The lowest BCUT2D eigenvalue weighted by Crippen LogP contribution is -2.13. The van der Waals surface area contributed by atoms with Crippen LogP contribution in [-0.2, 0) is 0 Å². The number of thiophene rings is 1. The zero-order valence-corrected chi connectivity index (χ0v) is 18.4. The normalized spacial score (nSPS) is 11.0. The topological polar surface area (TPSA) is 76.4 Å². The van der Waals surface area contributed by atoms with Crippen LogP contribution in [0.4, 0.5) is 10.1 Å². The third-order valence-electron chi connectivity index (χ3n) is 5.02. The van der Waals surface area contributed by atoms with Crippen LogP contribution in [0.3, 0.4) is 0 Å². The van der Waals surface area contributed by atoms with Crippen molar-refractivity contribution in [2.24, 2.45) is 0 Å². The fourth-order valence-corrected chi connectivity index (χ4v) is 4.33. The average molecular weight is 477 g/mol. The molecule has 1 N–H and O–H groups in total. The van der Waals surface area contributed by atoms with Gasteiger partial charge in [0, 0.05) is 11.8 Å². The standard InChI is InChI=1S/C24H14ClFN4O2S/c25-17-5-2-1-4-15(17)24(32)29-19-12-14(7-8-18(19)26)20-9-10-27-23-16(13-28-30(20)23)22(31)21-6-3-11-33-21/h1-13H,(H,29,32). The van der Waals surface area contributed by atoms with Crippen molar-refractivity contribution in [3.63, 3.8) is 0 Å². The molecule has 2 aromatic carbocycles. The summed E-state index contributed by atoms with van der Waals surface area (Å²) in [5.74, 6) is -1.30. The molecule has 5 rings (SSSR count). The summed E-state index contributed by atoms with van der Waals surface area (Å²) in [6.07, 6.45) is 3.03. The first-order chi connectivity index (χ1) is 16.0. The Hall–Kier alpha value is -3.88. The number of carbonyl (C=O) groups is 2. The molecule has 5 aromatic rings. The second-order valence-corrected chi connectivity index (χ2v) is 8.41. The van der Waals surface area contributed by atoms with Crippen molar-refractivity contribution < 1.29 is 14.0 Å². The maximum Gasteiger partial charge on any atom is 0.257 e. The molecule has 0 bridgehead atoms. The molecule has 0 aliphatic carbocycles. The third-order valence-corrected chi connectivity index (χ3v) is 6.22. The molecule has 0 aliphatic heterocycles. The zero-order chi connectivity index (χ0) is 22.9. The first kappa shape index (κ1) is 21.0. The van der Waals surface area contributed by atoms with E-state index in [1.54, 1.807) is 54.7 Å². The molecular formula is C24H14ClFN4O2S. The van der Waals surface area contributed by atoms with Gasteiger partial charge in [-0.05, 0) is 47.8 Å². The summed E-state index contributed by atoms with van der Waals surface area (Å²) in [5.41, 5.74) is 2.14. The van der Waals surface area contributed by atoms with Crippen LogP contribution in [-0.4, -0.2) is 26.3 Å². The fourth-order valence-electron chi connectivity index (χ4n) is 3.43. The number of anilines is 1. The van der Waals surface area contributed by atoms with E-state index in [9.17, 15) is 14.0 Å². The summed E-state index contributed by atoms with van der Waals surface area (Å²) in [7, 11) is 0. The number of hydrogen-bond donors (Lipinski definition) is 1. The molecule has 0 atom stereocenters. The molecule has 0 saturated heterocycles. The Bertz CT molecular complexity index is 1510. The Labute approximate surface area is 196 Å². The summed E-state index contributed by atoms with van der Waals surface area (Å²) >= 11 is 7.42. The van der Waals surface area contributed by atoms with Gasteiger partial charge in [-0.25, -0.2) is 13.9 Å². The van der Waals surface area contributed by atoms with Gasteiger partial charge in [0.15, 0.2) is 5.65 Å². The van der Waals surface area contributed by atoms with Crippen LogP contribution < -0.4 is 5.32 Å². The van der Waals surface area contributed by atoms with Crippen molar-refractivity contribution in [3.8, 4) is 11.3 Å². The average Bonchev–Trinajstić information content (AvgIpc) is 3.51. The molecule has 0 unspecified atom stereocenters. The number of ketones is 1. The Kier molecular flexibility index (Phi) is 5.45. The number of nitrogens with one attached hydrogen (secondary N) is 1. The molecular weight excluding hydrogens is 463 g/mol. The number of carbonyl (C=O) groups excluding carboxylic acids is 2. The second-order valence-electron chi connectivity index (χ2n) is 7.06. The fraction of sp³-hybridized carbons (Fsp3) is 0. The van der Waals surface area contributed by atoms with Gasteiger partial charge in [0.1, 0.15) is 5.82 Å². The Morgan fingerprint density at radius 3 is 2.67 bits per heavy atom. The molecule has 0 aliphatic rings. The summed E-state index contributed by atoms with van der Waals surface area (Å²) in [6.45, 7) is 0. The van der Waals surface area contributed by atoms with Gasteiger partial charge in [-0.1, -0.05) is 29.8 Å². The van der Waals surface area contributed by atoms with Crippen LogP contribution in [0.1, 0.15) is 25.6 Å². The van der Waals surface area contributed by atoms with Crippen molar-refractivity contribution in [1.29, 1.82) is 0 Å². The number of aromatic nitrogens is 3. The molecule has 6 nitrogen and oxygen atoms in total. The number of rotatable bonds is 5. The van der Waals surface area contributed by atoms with E-state index in [4.69, 9.17) is 11.6 Å². The van der Waals surface area contributed by atoms with Crippen LogP contribution in [0.2, 0.25) is 5.02 Å². The van der Waals surface area contributed by atoms with E-state index in [-0.39, 0.29) is 22.1 Å². The van der Waals surface area contributed by atoms with Crippen LogP contribution in [0.5, 0.6) is 0 Å². The summed E-state index contributed by atoms with van der Waals surface area (Å²) < 4.78 is 16.0. The number of halogens is 2. The SMILES string of the molecule is O=C(Nc1cc(-c2ccnc3c(C(=O)c4cccs4)cnn23)ccc1F)c1ccccc1Cl. The first-order valence-corrected chi connectivity index (χ1v) is 11.1. The number of hydrogen-bond acceptors (Lipinski definition) is 5. The van der Waals surface area contributed by atoms with Gasteiger partial charge >= 0.3 is 0 Å². The predicted molar refractivity (Wildman–Crippen MR) is 126 cm³/mol. The van der Waals surface area contributed by atoms with E-state index >= 15 is 0 Å². The van der Waals surface area contributed by atoms with Crippen molar-refractivity contribution in [2.45, 2.75) is 0 Å². The molecule has 33 heavy (non-hydrogen) atoms. The number of benzene rings is 2. The lowest BCUT2D eigenvalue weighted by Gasteiger charge is -2.11. The van der Waals surface area contributed by atoms with Crippen molar-refractivity contribution in [1.82, 2.24) is 14.6 Å². The highest BCUT2D eigenvalue weighted by Crippen LogP contribution is 2.28. The van der Waals surface area contributed by atoms with Crippen molar-refractivity contribution >= 4 is 46.0 Å².